The normalized spacial score (nSPS) is 17.8. The van der Waals surface area contributed by atoms with Gasteiger partial charge in [-0.05, 0) is 45.8 Å². The third kappa shape index (κ3) is 11.8. The summed E-state index contributed by atoms with van der Waals surface area (Å²) in [5.41, 5.74) is -0.0752. The zero-order valence-corrected chi connectivity index (χ0v) is 19.6. The summed E-state index contributed by atoms with van der Waals surface area (Å²) in [6.45, 7) is 4.31. The van der Waals surface area contributed by atoms with E-state index in [0.717, 1.165) is 57.6 Å². The van der Waals surface area contributed by atoms with Crippen LogP contribution in [0.25, 0.3) is 0 Å². The van der Waals surface area contributed by atoms with Crippen molar-refractivity contribution in [3.63, 3.8) is 0 Å². The van der Waals surface area contributed by atoms with Crippen LogP contribution < -0.4 is 10.2 Å². The first-order chi connectivity index (χ1) is 14.8. The lowest BCUT2D eigenvalue weighted by atomic mass is 10.1. The highest BCUT2D eigenvalue weighted by atomic mass is 35.5. The summed E-state index contributed by atoms with van der Waals surface area (Å²) in [6, 6.07) is 6.34. The highest BCUT2D eigenvalue weighted by molar-refractivity contribution is 6.29. The van der Waals surface area contributed by atoms with Crippen LogP contribution in [0.15, 0.2) is 41.5 Å². The summed E-state index contributed by atoms with van der Waals surface area (Å²) in [6.07, 6.45) is 7.54. The van der Waals surface area contributed by atoms with Gasteiger partial charge in [-0.2, -0.15) is 0 Å². The van der Waals surface area contributed by atoms with Gasteiger partial charge in [0.25, 0.3) is 0 Å². The first-order valence-corrected chi connectivity index (χ1v) is 11.2. The predicted octanol–water partition coefficient (Wildman–Crippen LogP) is 3.95. The van der Waals surface area contributed by atoms with Gasteiger partial charge in [0.15, 0.2) is 5.43 Å². The largest absolute Gasteiger partial charge is 0.490 e. The van der Waals surface area contributed by atoms with E-state index < -0.39 is 0 Å². The van der Waals surface area contributed by atoms with Crippen LogP contribution in [0, 0.1) is 0 Å². The van der Waals surface area contributed by atoms with Crippen molar-refractivity contribution in [2.45, 2.75) is 45.3 Å². The van der Waals surface area contributed by atoms with E-state index in [1.165, 1.54) is 18.3 Å². The van der Waals surface area contributed by atoms with Crippen LogP contribution >= 0.6 is 23.2 Å². The van der Waals surface area contributed by atoms with E-state index in [9.17, 15) is 4.79 Å². The lowest BCUT2D eigenvalue weighted by molar-refractivity contribution is 0.0942. The second-order valence-corrected chi connectivity index (χ2v) is 8.64. The number of pyridine rings is 2. The van der Waals surface area contributed by atoms with Crippen LogP contribution in [-0.2, 0) is 0 Å². The van der Waals surface area contributed by atoms with Gasteiger partial charge in [-0.1, -0.05) is 30.6 Å². The number of aromatic amines is 1. The number of aromatic nitrogens is 2. The van der Waals surface area contributed by atoms with Crippen molar-refractivity contribution in [1.29, 1.82) is 0 Å². The molecule has 2 saturated heterocycles. The summed E-state index contributed by atoms with van der Waals surface area (Å²) in [7, 11) is 4.23. The number of hydrogen-bond acceptors (Lipinski definition) is 6. The molecule has 0 saturated carbocycles. The Kier molecular flexibility index (Phi) is 13.5. The highest BCUT2D eigenvalue weighted by Gasteiger charge is 2.18. The van der Waals surface area contributed by atoms with Gasteiger partial charge < -0.3 is 24.6 Å². The van der Waals surface area contributed by atoms with Crippen molar-refractivity contribution >= 4 is 23.2 Å². The molecule has 2 aliphatic rings. The molecule has 4 rings (SSSR count). The predicted molar refractivity (Wildman–Crippen MR) is 132 cm³/mol. The van der Waals surface area contributed by atoms with E-state index in [1.54, 1.807) is 12.3 Å². The lowest BCUT2D eigenvalue weighted by Crippen LogP contribution is -2.35. The van der Waals surface area contributed by atoms with Gasteiger partial charge in [-0.25, -0.2) is 4.98 Å². The molecule has 7 nitrogen and oxygen atoms in total. The maximum absolute atomic E-state index is 10.4. The number of halogens is 2. The number of rotatable bonds is 2. The number of hydrogen-bond donors (Lipinski definition) is 2. The Balaban J connectivity index is 0.000000257. The average molecular weight is 487 g/mol. The van der Waals surface area contributed by atoms with Crippen molar-refractivity contribution in [2.24, 2.45) is 0 Å². The Labute approximate surface area is 201 Å². The summed E-state index contributed by atoms with van der Waals surface area (Å²) in [5.74, 6) is 0.824. The molecule has 0 unspecified atom stereocenters. The Bertz CT molecular complexity index is 811. The molecular formula is C23H36Cl2N4O3. The molecule has 2 aliphatic heterocycles. The molecule has 2 aromatic heterocycles. The number of likely N-dealkylation sites (tertiary alicyclic amines) is 2. The van der Waals surface area contributed by atoms with Crippen LogP contribution in [0.2, 0.25) is 10.3 Å². The number of nitrogens with zero attached hydrogens (tertiary/aromatic N) is 3. The SMILES string of the molecule is C.CN1CCC(O)CC1.CN1CCC(Oc2ccnc(Cl)c2)CC1.O=c1cc[nH]c(Cl)c1. The summed E-state index contributed by atoms with van der Waals surface area (Å²) >= 11 is 11.2. The van der Waals surface area contributed by atoms with Gasteiger partial charge >= 0.3 is 0 Å². The number of H-pyrrole nitrogens is 1. The third-order valence-electron chi connectivity index (χ3n) is 5.09. The minimum absolute atomic E-state index is 0. The van der Waals surface area contributed by atoms with E-state index in [-0.39, 0.29) is 19.0 Å². The van der Waals surface area contributed by atoms with Crippen LogP contribution in [-0.4, -0.2) is 77.4 Å². The molecule has 0 bridgehead atoms. The lowest BCUT2D eigenvalue weighted by Gasteiger charge is -2.29. The number of ether oxygens (including phenoxy) is 1. The van der Waals surface area contributed by atoms with E-state index in [2.05, 4.69) is 33.9 Å². The van der Waals surface area contributed by atoms with E-state index in [1.807, 2.05) is 6.07 Å². The second kappa shape index (κ2) is 15.2. The minimum Gasteiger partial charge on any atom is -0.490 e. The van der Waals surface area contributed by atoms with Crippen molar-refractivity contribution in [2.75, 3.05) is 40.3 Å². The molecule has 2 aromatic rings. The third-order valence-corrected chi connectivity index (χ3v) is 5.52. The molecule has 4 heterocycles. The van der Waals surface area contributed by atoms with Crippen LogP contribution in [0.3, 0.4) is 0 Å². The topological polar surface area (TPSA) is 81.7 Å². The average Bonchev–Trinajstić information content (AvgIpc) is 2.73. The zero-order chi connectivity index (χ0) is 22.6. The first kappa shape index (κ1) is 28.4. The zero-order valence-electron chi connectivity index (χ0n) is 18.1. The van der Waals surface area contributed by atoms with Gasteiger partial charge in [0, 0.05) is 56.8 Å². The van der Waals surface area contributed by atoms with Crippen LogP contribution in [0.1, 0.15) is 33.1 Å². The molecule has 0 atom stereocenters. The van der Waals surface area contributed by atoms with Gasteiger partial charge in [0.1, 0.15) is 22.2 Å². The Morgan fingerprint density at radius 3 is 2.09 bits per heavy atom. The maximum Gasteiger partial charge on any atom is 0.183 e. The molecule has 0 amide bonds. The molecule has 2 fully saturated rings. The number of piperidine rings is 2. The Hall–Kier alpha value is -1.64. The fourth-order valence-corrected chi connectivity index (χ4v) is 3.50. The maximum atomic E-state index is 10.4. The molecule has 0 aromatic carbocycles. The summed E-state index contributed by atoms with van der Waals surface area (Å²) in [5, 5.41) is 9.86. The van der Waals surface area contributed by atoms with Crippen molar-refractivity contribution in [1.82, 2.24) is 19.8 Å². The van der Waals surface area contributed by atoms with E-state index >= 15 is 0 Å². The van der Waals surface area contributed by atoms with Crippen molar-refractivity contribution in [3.8, 4) is 5.75 Å². The first-order valence-electron chi connectivity index (χ1n) is 10.5. The second-order valence-electron chi connectivity index (χ2n) is 7.84. The van der Waals surface area contributed by atoms with Gasteiger partial charge in [-0.3, -0.25) is 4.79 Å². The molecule has 9 heteroatoms. The standard InChI is InChI=1S/C11H15ClN2O.C6H13NO.C5H4ClNO.CH4/c1-14-6-3-9(4-7-14)15-10-2-5-13-11(12)8-10;1-7-4-2-6(8)3-5-7;6-5-3-4(8)1-2-7-5;/h2,5,8-9H,3-4,6-7H2,1H3;6,8H,2-5H2,1H3;1-3H,(H,7,8);1H4. The fourth-order valence-electron chi connectivity index (χ4n) is 3.17. The molecule has 0 aliphatic carbocycles. The van der Waals surface area contributed by atoms with E-state index in [0.29, 0.717) is 16.4 Å². The van der Waals surface area contributed by atoms with Gasteiger partial charge in [0.05, 0.1) is 6.10 Å². The van der Waals surface area contributed by atoms with Crippen molar-refractivity contribution in [3.05, 3.63) is 57.2 Å². The highest BCUT2D eigenvalue weighted by Crippen LogP contribution is 2.20. The molecule has 32 heavy (non-hydrogen) atoms. The summed E-state index contributed by atoms with van der Waals surface area (Å²) < 4.78 is 5.83. The smallest absolute Gasteiger partial charge is 0.183 e. The van der Waals surface area contributed by atoms with Crippen molar-refractivity contribution < 1.29 is 9.84 Å². The van der Waals surface area contributed by atoms with E-state index in [4.69, 9.17) is 33.0 Å². The Morgan fingerprint density at radius 2 is 1.62 bits per heavy atom. The quantitative estimate of drug-likeness (QED) is 0.625. The molecule has 2 N–H and O–H groups in total. The number of aliphatic hydroxyl groups is 1. The van der Waals surface area contributed by atoms with Gasteiger partial charge in [0.2, 0.25) is 0 Å². The van der Waals surface area contributed by atoms with Crippen LogP contribution in [0.4, 0.5) is 0 Å². The monoisotopic (exact) mass is 486 g/mol. The minimum atomic E-state index is -0.0752. The number of nitrogens with one attached hydrogen (secondary N) is 1. The molecule has 0 spiro atoms. The molecule has 180 valence electrons. The summed E-state index contributed by atoms with van der Waals surface area (Å²) in [4.78, 5) is 21.5. The molecule has 0 radical (unpaired) electrons. The van der Waals surface area contributed by atoms with Crippen LogP contribution in [0.5, 0.6) is 5.75 Å². The fraction of sp³-hybridized carbons (Fsp3) is 0.565. The molecular weight excluding hydrogens is 451 g/mol. The van der Waals surface area contributed by atoms with Gasteiger partial charge in [-0.15, -0.1) is 0 Å². The Morgan fingerprint density at radius 1 is 1.03 bits per heavy atom. The number of aliphatic hydroxyl groups excluding tert-OH is 1.